The molecule has 6 rings (SSSR count). The van der Waals surface area contributed by atoms with Crippen molar-refractivity contribution in [3.63, 3.8) is 0 Å². The maximum atomic E-state index is 16.3. The first-order valence-corrected chi connectivity index (χ1v) is 13.5. The predicted octanol–water partition coefficient (Wildman–Crippen LogP) is 5.71. The number of fused-ring (bicyclic) bond motifs is 2. The van der Waals surface area contributed by atoms with E-state index in [2.05, 4.69) is 30.5 Å². The van der Waals surface area contributed by atoms with Gasteiger partial charge < -0.3 is 20.6 Å². The third kappa shape index (κ3) is 5.31. The normalized spacial score (nSPS) is 12.2. The molecule has 43 heavy (non-hydrogen) atoms. The second-order valence-corrected chi connectivity index (χ2v) is 10.2. The minimum Gasteiger partial charge on any atom is -0.404 e. The molecule has 4 aromatic heterocycles. The topological polar surface area (TPSA) is 143 Å². The molecule has 10 nitrogen and oxygen atoms in total. The van der Waals surface area contributed by atoms with Gasteiger partial charge in [-0.3, -0.25) is 14.9 Å². The number of allylic oxidation sites excluding steroid dienone is 4. The molecule has 0 fully saturated rings. The van der Waals surface area contributed by atoms with E-state index in [0.717, 1.165) is 22.5 Å². The molecule has 1 amide bonds. The van der Waals surface area contributed by atoms with Gasteiger partial charge >= 0.3 is 0 Å². The zero-order valence-corrected chi connectivity index (χ0v) is 23.7. The first-order valence-electron chi connectivity index (χ1n) is 13.5. The molecule has 0 unspecified atom stereocenters. The number of benzene rings is 2. The summed E-state index contributed by atoms with van der Waals surface area (Å²) in [7, 11) is 0. The second-order valence-electron chi connectivity index (χ2n) is 10.2. The van der Waals surface area contributed by atoms with Crippen molar-refractivity contribution < 1.29 is 9.18 Å². The monoisotopic (exact) mass is 573 g/mol. The highest BCUT2D eigenvalue weighted by atomic mass is 19.1. The van der Waals surface area contributed by atoms with Gasteiger partial charge in [0.1, 0.15) is 16.9 Å². The van der Waals surface area contributed by atoms with Crippen LogP contribution in [0.3, 0.4) is 0 Å². The van der Waals surface area contributed by atoms with Crippen molar-refractivity contribution in [1.82, 2.24) is 40.0 Å². The predicted molar refractivity (Wildman–Crippen MR) is 164 cm³/mol. The van der Waals surface area contributed by atoms with E-state index in [-0.39, 0.29) is 22.6 Å². The van der Waals surface area contributed by atoms with E-state index in [9.17, 15) is 4.79 Å². The number of aromatic amines is 2. The number of nitrogens with zero attached hydrogens (tertiary/aromatic N) is 5. The van der Waals surface area contributed by atoms with E-state index in [1.54, 1.807) is 42.7 Å². The number of hydrogen-bond donors (Lipinski definition) is 4. The van der Waals surface area contributed by atoms with Crippen LogP contribution < -0.4 is 11.1 Å². The van der Waals surface area contributed by atoms with Crippen molar-refractivity contribution in [2.75, 3.05) is 0 Å². The molecule has 0 aliphatic heterocycles. The highest BCUT2D eigenvalue weighted by Crippen LogP contribution is 2.32. The molecule has 0 bridgehead atoms. The van der Waals surface area contributed by atoms with E-state index >= 15 is 4.39 Å². The number of imidazole rings is 2. The largest absolute Gasteiger partial charge is 0.404 e. The summed E-state index contributed by atoms with van der Waals surface area (Å²) in [5.41, 5.74) is 11.9. The number of pyridine rings is 1. The van der Waals surface area contributed by atoms with E-state index in [1.807, 2.05) is 55.8 Å². The second kappa shape index (κ2) is 11.2. The average molecular weight is 574 g/mol. The molecule has 0 aliphatic carbocycles. The number of rotatable bonds is 7. The summed E-state index contributed by atoms with van der Waals surface area (Å²) >= 11 is 0. The molecule has 6 aromatic rings. The van der Waals surface area contributed by atoms with Crippen LogP contribution in [0, 0.1) is 12.7 Å². The number of aryl methyl sites for hydroxylation is 1. The quantitative estimate of drug-likeness (QED) is 0.180. The highest BCUT2D eigenvalue weighted by molar-refractivity contribution is 5.97. The van der Waals surface area contributed by atoms with Crippen LogP contribution in [-0.4, -0.2) is 40.6 Å². The fraction of sp³-hybridized carbons (Fsp3) is 0.0938. The van der Waals surface area contributed by atoms with Crippen LogP contribution in [0.25, 0.3) is 44.7 Å². The lowest BCUT2D eigenvalue weighted by Gasteiger charge is -2.10. The zero-order valence-electron chi connectivity index (χ0n) is 23.7. The Kier molecular flexibility index (Phi) is 7.12. The van der Waals surface area contributed by atoms with Crippen LogP contribution in [0.15, 0.2) is 96.9 Å². The number of hydrogen-bond acceptors (Lipinski definition) is 6. The Labute approximate surface area is 245 Å². The van der Waals surface area contributed by atoms with Gasteiger partial charge in [-0.15, -0.1) is 0 Å². The lowest BCUT2D eigenvalue weighted by atomic mass is 10.1. The number of H-pyrrole nitrogens is 2. The third-order valence-corrected chi connectivity index (χ3v) is 6.75. The number of amides is 1. The number of carbonyl (C=O) groups excluding carboxylic acids is 1. The van der Waals surface area contributed by atoms with Crippen LogP contribution in [0.4, 0.5) is 4.39 Å². The summed E-state index contributed by atoms with van der Waals surface area (Å²) in [5, 5.41) is 10.3. The number of carbonyl (C=O) groups is 1. The molecule has 0 atom stereocenters. The Hall–Kier alpha value is -5.84. The molecule has 0 spiro atoms. The van der Waals surface area contributed by atoms with Gasteiger partial charge in [0.15, 0.2) is 11.6 Å². The smallest absolute Gasteiger partial charge is 0.255 e. The lowest BCUT2D eigenvalue weighted by Crippen LogP contribution is -2.22. The van der Waals surface area contributed by atoms with E-state index < -0.39 is 5.82 Å². The fourth-order valence-corrected chi connectivity index (χ4v) is 4.82. The highest BCUT2D eigenvalue weighted by Gasteiger charge is 2.22. The first-order chi connectivity index (χ1) is 20.8. The van der Waals surface area contributed by atoms with Crippen molar-refractivity contribution >= 4 is 33.4 Å². The molecular formula is C32H28FN9O. The Morgan fingerprint density at radius 3 is 2.58 bits per heavy atom. The van der Waals surface area contributed by atoms with Crippen LogP contribution in [-0.2, 0) is 0 Å². The summed E-state index contributed by atoms with van der Waals surface area (Å²) in [6, 6.07) is 14.6. The van der Waals surface area contributed by atoms with Gasteiger partial charge in [-0.1, -0.05) is 29.8 Å². The summed E-state index contributed by atoms with van der Waals surface area (Å²) in [6.45, 7) is 5.70. The molecule has 0 radical (unpaired) electrons. The van der Waals surface area contributed by atoms with Gasteiger partial charge in [-0.2, -0.15) is 5.10 Å². The van der Waals surface area contributed by atoms with E-state index in [4.69, 9.17) is 10.7 Å². The minimum atomic E-state index is -0.633. The minimum absolute atomic E-state index is 0.00282. The van der Waals surface area contributed by atoms with Crippen molar-refractivity contribution in [3.05, 3.63) is 120 Å². The van der Waals surface area contributed by atoms with Gasteiger partial charge in [0.25, 0.3) is 5.91 Å². The number of nitrogens with two attached hydrogens (primary N) is 1. The van der Waals surface area contributed by atoms with Crippen molar-refractivity contribution in [2.45, 2.75) is 20.8 Å². The standard InChI is InChI=1S/C32H28FN9O/c1-18(2)12-22(37-32(43)20-8-5-4-6-9-20)13-21(14-34)28-27(33)26-24(15-35-28)40-41-30(26)31-38-23-10-7-11-25(29(23)39-31)42-16-19(3)36-17-42/h4-17H,34H2,1-3H3,(H,37,43)(H,38,39)(H,40,41)/b21-14+,22-13+. The molecule has 0 aliphatic rings. The summed E-state index contributed by atoms with van der Waals surface area (Å²) < 4.78 is 18.2. The molecule has 0 saturated heterocycles. The summed E-state index contributed by atoms with van der Waals surface area (Å²) in [6.07, 6.45) is 9.74. The molecule has 4 heterocycles. The van der Waals surface area contributed by atoms with Gasteiger partial charge in [0.2, 0.25) is 0 Å². The Balaban J connectivity index is 1.42. The molecule has 214 valence electrons. The van der Waals surface area contributed by atoms with Gasteiger partial charge in [0, 0.05) is 29.2 Å². The number of para-hydroxylation sites is 1. The number of halogens is 1. The van der Waals surface area contributed by atoms with Crippen LogP contribution in [0.5, 0.6) is 0 Å². The van der Waals surface area contributed by atoms with Gasteiger partial charge in [-0.05, 0) is 57.2 Å². The molecule has 2 aromatic carbocycles. The Morgan fingerprint density at radius 1 is 1.05 bits per heavy atom. The maximum absolute atomic E-state index is 16.3. The Bertz CT molecular complexity index is 2080. The van der Waals surface area contributed by atoms with Crippen molar-refractivity contribution in [3.8, 4) is 17.2 Å². The van der Waals surface area contributed by atoms with Crippen LogP contribution in [0.2, 0.25) is 0 Å². The molecule has 0 saturated carbocycles. The molecule has 5 N–H and O–H groups in total. The summed E-state index contributed by atoms with van der Waals surface area (Å²) in [5.74, 6) is -0.557. The average Bonchev–Trinajstić information content (AvgIpc) is 3.74. The lowest BCUT2D eigenvalue weighted by molar-refractivity contribution is 0.0967. The SMILES string of the molecule is CC(C)=C/C(=C\C(=C/N)c1ncc2[nH]nc(-c3nc4c(-n5cnc(C)c5)cccc4[nH]3)c2c1F)NC(=O)c1ccccc1. The van der Waals surface area contributed by atoms with Gasteiger partial charge in [0.05, 0.1) is 40.3 Å². The van der Waals surface area contributed by atoms with E-state index in [0.29, 0.717) is 33.8 Å². The number of nitrogens with one attached hydrogen (secondary N) is 3. The Morgan fingerprint density at radius 2 is 1.86 bits per heavy atom. The maximum Gasteiger partial charge on any atom is 0.255 e. The van der Waals surface area contributed by atoms with Gasteiger partial charge in [-0.25, -0.2) is 14.4 Å². The van der Waals surface area contributed by atoms with Crippen molar-refractivity contribution in [1.29, 1.82) is 0 Å². The molecular weight excluding hydrogens is 545 g/mol. The van der Waals surface area contributed by atoms with Crippen LogP contribution in [0.1, 0.15) is 35.6 Å². The molecule has 11 heteroatoms. The fourth-order valence-electron chi connectivity index (χ4n) is 4.82. The third-order valence-electron chi connectivity index (χ3n) is 6.75. The summed E-state index contributed by atoms with van der Waals surface area (Å²) in [4.78, 5) is 29.6. The number of aromatic nitrogens is 7. The first kappa shape index (κ1) is 27.3. The zero-order chi connectivity index (χ0) is 30.1. The van der Waals surface area contributed by atoms with Crippen molar-refractivity contribution in [2.24, 2.45) is 5.73 Å². The van der Waals surface area contributed by atoms with E-state index in [1.165, 1.54) is 12.4 Å². The van der Waals surface area contributed by atoms with Crippen LogP contribution >= 0.6 is 0 Å².